The molecule has 0 amide bonds. The van der Waals surface area contributed by atoms with Crippen LogP contribution < -0.4 is 5.32 Å². The van der Waals surface area contributed by atoms with Gasteiger partial charge in [-0.2, -0.15) is 0 Å². The van der Waals surface area contributed by atoms with E-state index in [0.29, 0.717) is 5.92 Å². The summed E-state index contributed by atoms with van der Waals surface area (Å²) < 4.78 is 1.11. The molecule has 1 nitrogen and oxygen atoms in total. The number of hydrogen-bond donors (Lipinski definition) is 1. The van der Waals surface area contributed by atoms with Crippen LogP contribution in [0.3, 0.4) is 0 Å². The molecule has 1 heterocycles. The van der Waals surface area contributed by atoms with E-state index in [4.69, 9.17) is 11.6 Å². The van der Waals surface area contributed by atoms with Gasteiger partial charge in [0.1, 0.15) is 0 Å². The Kier molecular flexibility index (Phi) is 3.47. The molecule has 76 valence electrons. The van der Waals surface area contributed by atoms with Gasteiger partial charge in [0.15, 0.2) is 0 Å². The molecule has 1 aliphatic rings. The smallest absolute Gasteiger partial charge is 0.0442 e. The monoisotopic (exact) mass is 273 g/mol. The lowest BCUT2D eigenvalue weighted by molar-refractivity contribution is 0.461. The van der Waals surface area contributed by atoms with Crippen LogP contribution in [-0.4, -0.2) is 13.1 Å². The van der Waals surface area contributed by atoms with Gasteiger partial charge in [0, 0.05) is 16.0 Å². The molecule has 0 unspecified atom stereocenters. The van der Waals surface area contributed by atoms with E-state index in [1.807, 2.05) is 12.1 Å². The van der Waals surface area contributed by atoms with E-state index in [-0.39, 0.29) is 0 Å². The Morgan fingerprint density at radius 3 is 3.00 bits per heavy atom. The van der Waals surface area contributed by atoms with Gasteiger partial charge in [-0.05, 0) is 49.1 Å². The van der Waals surface area contributed by atoms with Gasteiger partial charge in [-0.1, -0.05) is 27.5 Å². The lowest BCUT2D eigenvalue weighted by atomic mass is 9.92. The lowest BCUT2D eigenvalue weighted by Gasteiger charge is -2.24. The highest BCUT2D eigenvalue weighted by Gasteiger charge is 2.17. The van der Waals surface area contributed by atoms with E-state index in [9.17, 15) is 0 Å². The number of nitrogens with one attached hydrogen (secondary N) is 1. The normalized spacial score (nSPS) is 22.3. The molecule has 0 saturated carbocycles. The molecule has 1 atom stereocenters. The molecule has 1 aliphatic heterocycles. The molecule has 0 spiro atoms. The topological polar surface area (TPSA) is 12.0 Å². The predicted molar refractivity (Wildman–Crippen MR) is 64.0 cm³/mol. The lowest BCUT2D eigenvalue weighted by Crippen LogP contribution is -2.28. The summed E-state index contributed by atoms with van der Waals surface area (Å²) in [4.78, 5) is 0. The maximum Gasteiger partial charge on any atom is 0.0442 e. The quantitative estimate of drug-likeness (QED) is 0.825. The Balaban J connectivity index is 2.24. The van der Waals surface area contributed by atoms with Crippen LogP contribution in [0.5, 0.6) is 0 Å². The summed E-state index contributed by atoms with van der Waals surface area (Å²) in [7, 11) is 0. The van der Waals surface area contributed by atoms with Crippen LogP contribution in [0.4, 0.5) is 0 Å². The van der Waals surface area contributed by atoms with E-state index in [1.165, 1.54) is 18.4 Å². The summed E-state index contributed by atoms with van der Waals surface area (Å²) in [5.41, 5.74) is 1.27. The van der Waals surface area contributed by atoms with Crippen molar-refractivity contribution in [3.8, 4) is 0 Å². The van der Waals surface area contributed by atoms with Crippen molar-refractivity contribution >= 4 is 27.5 Å². The van der Waals surface area contributed by atoms with Crippen molar-refractivity contribution in [2.75, 3.05) is 13.1 Å². The van der Waals surface area contributed by atoms with E-state index in [1.54, 1.807) is 0 Å². The van der Waals surface area contributed by atoms with Gasteiger partial charge in [0.25, 0.3) is 0 Å². The van der Waals surface area contributed by atoms with Crippen molar-refractivity contribution < 1.29 is 0 Å². The molecule has 0 aromatic heterocycles. The summed E-state index contributed by atoms with van der Waals surface area (Å²) in [6, 6.07) is 6.09. The molecule has 3 heteroatoms. The fraction of sp³-hybridized carbons (Fsp3) is 0.455. The Hall–Kier alpha value is -0.0500. The van der Waals surface area contributed by atoms with Crippen molar-refractivity contribution in [2.45, 2.75) is 18.8 Å². The maximum absolute atomic E-state index is 6.18. The fourth-order valence-corrected chi connectivity index (χ4v) is 2.60. The zero-order valence-electron chi connectivity index (χ0n) is 7.89. The number of halogens is 2. The first-order valence-electron chi connectivity index (χ1n) is 4.93. The first kappa shape index (κ1) is 10.5. The second kappa shape index (κ2) is 4.65. The first-order valence-corrected chi connectivity index (χ1v) is 6.10. The van der Waals surface area contributed by atoms with Gasteiger partial charge in [-0.15, -0.1) is 0 Å². The molecular formula is C11H13BrClN. The molecule has 0 bridgehead atoms. The Morgan fingerprint density at radius 1 is 1.43 bits per heavy atom. The highest BCUT2D eigenvalue weighted by molar-refractivity contribution is 9.10. The SMILES string of the molecule is Clc1ccc(Br)cc1[C@H]1CCCNC1. The minimum atomic E-state index is 0.578. The second-order valence-corrected chi connectivity index (χ2v) is 5.03. The van der Waals surface area contributed by atoms with Crippen molar-refractivity contribution in [1.82, 2.24) is 5.32 Å². The van der Waals surface area contributed by atoms with Gasteiger partial charge < -0.3 is 5.32 Å². The predicted octanol–water partition coefficient (Wildman–Crippen LogP) is 3.57. The average Bonchev–Trinajstić information content (AvgIpc) is 2.23. The van der Waals surface area contributed by atoms with Crippen LogP contribution in [0.1, 0.15) is 24.3 Å². The fourth-order valence-electron chi connectivity index (χ4n) is 1.94. The molecule has 1 aromatic carbocycles. The highest BCUT2D eigenvalue weighted by atomic mass is 79.9. The van der Waals surface area contributed by atoms with Gasteiger partial charge in [-0.3, -0.25) is 0 Å². The standard InChI is InChI=1S/C11H13BrClN/c12-9-3-4-11(13)10(6-9)8-2-1-5-14-7-8/h3-4,6,8,14H,1-2,5,7H2/t8-/m0/s1. The number of benzene rings is 1. The molecular weight excluding hydrogens is 261 g/mol. The summed E-state index contributed by atoms with van der Waals surface area (Å²) in [6.45, 7) is 2.19. The summed E-state index contributed by atoms with van der Waals surface area (Å²) in [5.74, 6) is 0.578. The first-order chi connectivity index (χ1) is 6.77. The van der Waals surface area contributed by atoms with Gasteiger partial charge in [-0.25, -0.2) is 0 Å². The zero-order chi connectivity index (χ0) is 9.97. The van der Waals surface area contributed by atoms with Crippen LogP contribution >= 0.6 is 27.5 Å². The molecule has 0 radical (unpaired) electrons. The van der Waals surface area contributed by atoms with Crippen LogP contribution in [0.2, 0.25) is 5.02 Å². The van der Waals surface area contributed by atoms with E-state index < -0.39 is 0 Å². The van der Waals surface area contributed by atoms with Gasteiger partial charge in [0.05, 0.1) is 0 Å². The third-order valence-corrected chi connectivity index (χ3v) is 3.53. The molecule has 2 rings (SSSR count). The van der Waals surface area contributed by atoms with Crippen LogP contribution in [0.25, 0.3) is 0 Å². The van der Waals surface area contributed by atoms with E-state index >= 15 is 0 Å². The third-order valence-electron chi connectivity index (χ3n) is 2.69. The Bertz CT molecular complexity index is 321. The highest BCUT2D eigenvalue weighted by Crippen LogP contribution is 2.31. The van der Waals surface area contributed by atoms with Crippen LogP contribution in [0.15, 0.2) is 22.7 Å². The van der Waals surface area contributed by atoms with Crippen LogP contribution in [0, 0.1) is 0 Å². The summed E-state index contributed by atoms with van der Waals surface area (Å²) >= 11 is 9.66. The van der Waals surface area contributed by atoms with Crippen molar-refractivity contribution in [3.63, 3.8) is 0 Å². The van der Waals surface area contributed by atoms with Crippen molar-refractivity contribution in [2.24, 2.45) is 0 Å². The van der Waals surface area contributed by atoms with E-state index in [2.05, 4.69) is 27.3 Å². The number of hydrogen-bond acceptors (Lipinski definition) is 1. The average molecular weight is 275 g/mol. The third kappa shape index (κ3) is 2.30. The molecule has 0 aliphatic carbocycles. The molecule has 1 aromatic rings. The maximum atomic E-state index is 6.18. The molecule has 1 fully saturated rings. The van der Waals surface area contributed by atoms with E-state index in [0.717, 1.165) is 22.6 Å². The number of piperidine rings is 1. The Morgan fingerprint density at radius 2 is 2.29 bits per heavy atom. The largest absolute Gasteiger partial charge is 0.316 e. The summed E-state index contributed by atoms with van der Waals surface area (Å²) in [6.07, 6.45) is 2.48. The zero-order valence-corrected chi connectivity index (χ0v) is 10.2. The number of rotatable bonds is 1. The second-order valence-electron chi connectivity index (χ2n) is 3.71. The van der Waals surface area contributed by atoms with Crippen molar-refractivity contribution in [3.05, 3.63) is 33.3 Å². The van der Waals surface area contributed by atoms with Crippen molar-refractivity contribution in [1.29, 1.82) is 0 Å². The minimum absolute atomic E-state index is 0.578. The van der Waals surface area contributed by atoms with Crippen LogP contribution in [-0.2, 0) is 0 Å². The van der Waals surface area contributed by atoms with Gasteiger partial charge in [0.2, 0.25) is 0 Å². The minimum Gasteiger partial charge on any atom is -0.316 e. The Labute approximate surface area is 98.0 Å². The molecule has 1 saturated heterocycles. The van der Waals surface area contributed by atoms with Gasteiger partial charge >= 0.3 is 0 Å². The molecule has 14 heavy (non-hydrogen) atoms. The summed E-state index contributed by atoms with van der Waals surface area (Å²) in [5, 5.41) is 4.30. The molecule has 1 N–H and O–H groups in total.